The summed E-state index contributed by atoms with van der Waals surface area (Å²) in [6.07, 6.45) is 1.94. The molecule has 3 heterocycles. The molecule has 0 unspecified atom stereocenters. The number of anilines is 2. The smallest absolute Gasteiger partial charge is 0.318 e. The molecular weight excluding hydrogens is 559 g/mol. The lowest BCUT2D eigenvalue weighted by Gasteiger charge is -2.38. The van der Waals surface area contributed by atoms with E-state index in [1.165, 1.54) is 12.1 Å². The number of para-hydroxylation sites is 1. The van der Waals surface area contributed by atoms with Crippen LogP contribution in [0, 0.1) is 5.82 Å². The average molecular weight is 599 g/mol. The lowest BCUT2D eigenvalue weighted by Crippen LogP contribution is -2.58. The van der Waals surface area contributed by atoms with Crippen molar-refractivity contribution in [3.63, 3.8) is 0 Å². The summed E-state index contributed by atoms with van der Waals surface area (Å²) < 4.78 is 19.4. The number of piperazine rings is 1. The van der Waals surface area contributed by atoms with Gasteiger partial charge in [-0.3, -0.25) is 4.79 Å². The molecule has 3 aromatic carbocycles. The van der Waals surface area contributed by atoms with Crippen molar-refractivity contribution >= 4 is 34.2 Å². The molecule has 0 saturated carbocycles. The van der Waals surface area contributed by atoms with Crippen molar-refractivity contribution < 1.29 is 18.7 Å². The second kappa shape index (κ2) is 12.6. The number of ether oxygens (including phenoxy) is 1. The highest BCUT2D eigenvalue weighted by Crippen LogP contribution is 2.35. The Balaban J connectivity index is 1.26. The second-order valence-corrected chi connectivity index (χ2v) is 11.8. The minimum atomic E-state index is -0.819. The predicted octanol–water partition coefficient (Wildman–Crippen LogP) is 4.80. The zero-order chi connectivity index (χ0) is 30.8. The number of nitrogens with zero attached hydrogens (tertiary/aromatic N) is 4. The summed E-state index contributed by atoms with van der Waals surface area (Å²) in [5, 5.41) is 4.16. The first-order valence-electron chi connectivity index (χ1n) is 15.1. The molecule has 1 saturated heterocycles. The van der Waals surface area contributed by atoms with Crippen molar-refractivity contribution in [3.8, 4) is 5.75 Å². The SMILES string of the molecule is C[C@@H](c1c[nH]c2ccccc12)[C@@H](NC(=O)N1CCN(c2ccc(F)cc2)CC1)C(=O)N1CCOc2ccc(CN(C)C)cc21. The van der Waals surface area contributed by atoms with Gasteiger partial charge in [-0.1, -0.05) is 31.2 Å². The van der Waals surface area contributed by atoms with E-state index in [0.29, 0.717) is 45.1 Å². The normalized spacial score (nSPS) is 16.4. The number of hydrogen-bond donors (Lipinski definition) is 2. The van der Waals surface area contributed by atoms with E-state index < -0.39 is 6.04 Å². The van der Waals surface area contributed by atoms with Crippen LogP contribution in [0.5, 0.6) is 5.75 Å². The fraction of sp³-hybridized carbons (Fsp3) is 0.353. The Bertz CT molecular complexity index is 1630. The van der Waals surface area contributed by atoms with Gasteiger partial charge in [0, 0.05) is 61.4 Å². The predicted molar refractivity (Wildman–Crippen MR) is 171 cm³/mol. The quantitative estimate of drug-likeness (QED) is 0.320. The number of benzene rings is 3. The van der Waals surface area contributed by atoms with Gasteiger partial charge in [-0.15, -0.1) is 0 Å². The maximum atomic E-state index is 14.5. The van der Waals surface area contributed by atoms with Gasteiger partial charge in [0.2, 0.25) is 5.91 Å². The molecule has 10 heteroatoms. The molecule has 4 aromatic rings. The van der Waals surface area contributed by atoms with Crippen molar-refractivity contribution in [2.24, 2.45) is 0 Å². The lowest BCUT2D eigenvalue weighted by molar-refractivity contribution is -0.121. The number of aromatic nitrogens is 1. The van der Waals surface area contributed by atoms with E-state index in [9.17, 15) is 14.0 Å². The van der Waals surface area contributed by atoms with Gasteiger partial charge >= 0.3 is 6.03 Å². The number of urea groups is 1. The van der Waals surface area contributed by atoms with Crippen LogP contribution >= 0.6 is 0 Å². The van der Waals surface area contributed by atoms with Gasteiger partial charge < -0.3 is 34.6 Å². The standard InChI is InChI=1S/C34H39FN6O3/c1-23(28-21-36-29-7-5-4-6-27(28)29)32(33(42)41-18-19-44-31-13-8-24(20-30(31)41)22-38(2)3)37-34(43)40-16-14-39(15-17-40)26-11-9-25(35)10-12-26/h4-13,20-21,23,32,36H,14-19,22H2,1-3H3,(H,37,43)/t23-,32+/m0/s1. The summed E-state index contributed by atoms with van der Waals surface area (Å²) in [6.45, 7) is 5.68. The molecule has 2 N–H and O–H groups in total. The molecule has 2 aliphatic heterocycles. The minimum Gasteiger partial charge on any atom is -0.490 e. The van der Waals surface area contributed by atoms with E-state index in [0.717, 1.165) is 39.9 Å². The Hall–Kier alpha value is -4.57. The van der Waals surface area contributed by atoms with E-state index in [-0.39, 0.29) is 23.7 Å². The van der Waals surface area contributed by atoms with Crippen LogP contribution in [0.2, 0.25) is 0 Å². The molecule has 0 radical (unpaired) electrons. The van der Waals surface area contributed by atoms with Gasteiger partial charge in [0.25, 0.3) is 0 Å². The molecule has 0 bridgehead atoms. The molecule has 0 aliphatic carbocycles. The van der Waals surface area contributed by atoms with Crippen molar-refractivity contribution in [2.45, 2.75) is 25.4 Å². The highest BCUT2D eigenvalue weighted by molar-refractivity contribution is 6.01. The number of H-pyrrole nitrogens is 1. The zero-order valence-corrected chi connectivity index (χ0v) is 25.4. The Kier molecular flexibility index (Phi) is 8.43. The fourth-order valence-electron chi connectivity index (χ4n) is 6.22. The first kappa shape index (κ1) is 29.5. The third-order valence-corrected chi connectivity index (χ3v) is 8.57. The number of hydrogen-bond acceptors (Lipinski definition) is 5. The molecule has 9 nitrogen and oxygen atoms in total. The summed E-state index contributed by atoms with van der Waals surface area (Å²) in [5.74, 6) is -0.107. The van der Waals surface area contributed by atoms with Crippen molar-refractivity contribution in [3.05, 3.63) is 89.9 Å². The van der Waals surface area contributed by atoms with Gasteiger partial charge in [-0.2, -0.15) is 0 Å². The van der Waals surface area contributed by atoms with E-state index in [1.54, 1.807) is 21.9 Å². The minimum absolute atomic E-state index is 0.173. The van der Waals surface area contributed by atoms with Crippen LogP contribution < -0.4 is 19.9 Å². The number of halogens is 1. The van der Waals surface area contributed by atoms with Gasteiger partial charge in [-0.25, -0.2) is 9.18 Å². The summed E-state index contributed by atoms with van der Waals surface area (Å²) in [7, 11) is 4.01. The summed E-state index contributed by atoms with van der Waals surface area (Å²) in [5.41, 5.74) is 4.66. The number of nitrogens with one attached hydrogen (secondary N) is 2. The molecule has 3 amide bonds. The fourth-order valence-corrected chi connectivity index (χ4v) is 6.22. The molecule has 1 aromatic heterocycles. The summed E-state index contributed by atoms with van der Waals surface area (Å²) in [4.78, 5) is 39.4. The van der Waals surface area contributed by atoms with Gasteiger partial charge in [0.05, 0.1) is 12.2 Å². The first-order chi connectivity index (χ1) is 21.3. The number of carbonyl (C=O) groups is 2. The van der Waals surface area contributed by atoms with E-state index in [2.05, 4.69) is 20.1 Å². The number of rotatable bonds is 7. The third-order valence-electron chi connectivity index (χ3n) is 8.57. The van der Waals surface area contributed by atoms with Crippen LogP contribution in [0.1, 0.15) is 24.0 Å². The largest absolute Gasteiger partial charge is 0.490 e. The van der Waals surface area contributed by atoms with E-state index >= 15 is 0 Å². The van der Waals surface area contributed by atoms with E-state index in [4.69, 9.17) is 4.74 Å². The highest BCUT2D eigenvalue weighted by Gasteiger charge is 2.37. The molecule has 6 rings (SSSR count). The first-order valence-corrected chi connectivity index (χ1v) is 15.1. The van der Waals surface area contributed by atoms with Crippen LogP contribution in [-0.4, -0.2) is 86.2 Å². The van der Waals surface area contributed by atoms with E-state index in [1.807, 2.05) is 69.7 Å². The summed E-state index contributed by atoms with van der Waals surface area (Å²) in [6, 6.07) is 19.3. The maximum absolute atomic E-state index is 14.5. The van der Waals surface area contributed by atoms with Crippen LogP contribution in [0.3, 0.4) is 0 Å². The Morgan fingerprint density at radius 1 is 1.00 bits per heavy atom. The Morgan fingerprint density at radius 3 is 2.50 bits per heavy atom. The second-order valence-electron chi connectivity index (χ2n) is 11.8. The molecule has 2 aliphatic rings. The average Bonchev–Trinajstić information content (AvgIpc) is 3.47. The number of fused-ring (bicyclic) bond motifs is 2. The van der Waals surface area contributed by atoms with Crippen molar-refractivity contribution in [1.29, 1.82) is 0 Å². The molecule has 44 heavy (non-hydrogen) atoms. The van der Waals surface area contributed by atoms with Crippen LogP contribution in [-0.2, 0) is 11.3 Å². The number of carbonyl (C=O) groups excluding carboxylic acids is 2. The van der Waals surface area contributed by atoms with Gasteiger partial charge in [0.15, 0.2) is 0 Å². The molecule has 0 spiro atoms. The van der Waals surface area contributed by atoms with Crippen LogP contribution in [0.25, 0.3) is 10.9 Å². The van der Waals surface area contributed by atoms with Gasteiger partial charge in [0.1, 0.15) is 24.2 Å². The number of amides is 3. The molecule has 1 fully saturated rings. The Morgan fingerprint density at radius 2 is 1.75 bits per heavy atom. The Labute approximate surface area is 257 Å². The monoisotopic (exact) mass is 598 g/mol. The maximum Gasteiger partial charge on any atom is 0.318 e. The lowest BCUT2D eigenvalue weighted by atomic mass is 9.91. The molecular formula is C34H39FN6O3. The highest BCUT2D eigenvalue weighted by atomic mass is 19.1. The van der Waals surface area contributed by atoms with Crippen LogP contribution in [0.15, 0.2) is 72.9 Å². The third kappa shape index (κ3) is 6.07. The van der Waals surface area contributed by atoms with Crippen molar-refractivity contribution in [2.75, 3.05) is 63.2 Å². The molecule has 2 atom stereocenters. The zero-order valence-electron chi connectivity index (χ0n) is 25.4. The number of aromatic amines is 1. The van der Waals surface area contributed by atoms with Crippen molar-refractivity contribution in [1.82, 2.24) is 20.1 Å². The summed E-state index contributed by atoms with van der Waals surface area (Å²) >= 11 is 0. The van der Waals surface area contributed by atoms with Crippen LogP contribution in [0.4, 0.5) is 20.6 Å². The molecule has 230 valence electrons. The topological polar surface area (TPSA) is 84.1 Å². The van der Waals surface area contributed by atoms with Gasteiger partial charge in [-0.05, 0) is 67.7 Å².